The second-order valence-corrected chi connectivity index (χ2v) is 6.56. The van der Waals surface area contributed by atoms with Crippen molar-refractivity contribution in [3.63, 3.8) is 0 Å². The highest BCUT2D eigenvalue weighted by Gasteiger charge is 2.45. The Kier molecular flexibility index (Phi) is 4.69. The summed E-state index contributed by atoms with van der Waals surface area (Å²) in [6, 6.07) is 5.55. The fourth-order valence-electron chi connectivity index (χ4n) is 2.98. The number of H-pyrrole nitrogens is 1. The molecule has 0 spiro atoms. The monoisotopic (exact) mass is 350 g/mol. The molecule has 3 rings (SSSR count). The quantitative estimate of drug-likeness (QED) is 0.747. The normalized spacial score (nSPS) is 16.4. The molecule has 1 aliphatic rings. The van der Waals surface area contributed by atoms with Crippen molar-refractivity contribution >= 4 is 22.8 Å². The third kappa shape index (κ3) is 4.52. The number of amides is 2. The average Bonchev–Trinajstić information content (AvgIpc) is 2.91. The fraction of sp³-hybridized carbons (Fsp3) is 0.471. The first kappa shape index (κ1) is 17.3. The topological polar surface area (TPSA) is 86.9 Å². The van der Waals surface area contributed by atoms with Gasteiger partial charge in [-0.3, -0.25) is 9.59 Å². The number of hydrogen-bond acceptors (Lipinski definition) is 3. The van der Waals surface area contributed by atoms with Crippen molar-refractivity contribution in [3.05, 3.63) is 29.6 Å². The largest absolute Gasteiger partial charge is 0.352 e. The molecule has 6 nitrogen and oxygen atoms in total. The SMILES string of the molecule is CC(=O)NCc1nc2ccc(CNC(=O)CC3CC(F)(F)C3)cc2[nH]1. The molecule has 1 fully saturated rings. The predicted octanol–water partition coefficient (Wildman–Crippen LogP) is 2.25. The first-order valence-corrected chi connectivity index (χ1v) is 8.17. The van der Waals surface area contributed by atoms with E-state index in [0.29, 0.717) is 18.9 Å². The van der Waals surface area contributed by atoms with Crippen LogP contribution in [0.3, 0.4) is 0 Å². The zero-order chi connectivity index (χ0) is 18.0. The summed E-state index contributed by atoms with van der Waals surface area (Å²) in [7, 11) is 0. The van der Waals surface area contributed by atoms with E-state index >= 15 is 0 Å². The molecule has 0 atom stereocenters. The second kappa shape index (κ2) is 6.78. The smallest absolute Gasteiger partial charge is 0.248 e. The predicted molar refractivity (Wildman–Crippen MR) is 87.7 cm³/mol. The lowest BCUT2D eigenvalue weighted by Gasteiger charge is -2.34. The highest BCUT2D eigenvalue weighted by Crippen LogP contribution is 2.43. The van der Waals surface area contributed by atoms with Gasteiger partial charge in [0.1, 0.15) is 5.82 Å². The number of nitrogens with one attached hydrogen (secondary N) is 3. The van der Waals surface area contributed by atoms with Gasteiger partial charge in [-0.05, 0) is 23.6 Å². The number of benzene rings is 1. The van der Waals surface area contributed by atoms with E-state index in [1.807, 2.05) is 18.2 Å². The molecule has 134 valence electrons. The highest BCUT2D eigenvalue weighted by molar-refractivity contribution is 5.78. The lowest BCUT2D eigenvalue weighted by atomic mass is 9.79. The Labute approximate surface area is 143 Å². The molecule has 0 unspecified atom stereocenters. The Morgan fingerprint density at radius 3 is 2.72 bits per heavy atom. The number of rotatable bonds is 6. The Morgan fingerprint density at radius 2 is 2.04 bits per heavy atom. The van der Waals surface area contributed by atoms with Gasteiger partial charge in [-0.15, -0.1) is 0 Å². The van der Waals surface area contributed by atoms with Crippen LogP contribution in [-0.4, -0.2) is 27.7 Å². The fourth-order valence-corrected chi connectivity index (χ4v) is 2.98. The Hall–Kier alpha value is -2.51. The van der Waals surface area contributed by atoms with Crippen LogP contribution in [0, 0.1) is 5.92 Å². The van der Waals surface area contributed by atoms with Crippen LogP contribution in [0.2, 0.25) is 0 Å². The van der Waals surface area contributed by atoms with E-state index in [-0.39, 0.29) is 37.0 Å². The van der Waals surface area contributed by atoms with E-state index in [9.17, 15) is 18.4 Å². The molecule has 8 heteroatoms. The van der Waals surface area contributed by atoms with Crippen molar-refractivity contribution in [2.24, 2.45) is 5.92 Å². The van der Waals surface area contributed by atoms with Gasteiger partial charge in [-0.2, -0.15) is 0 Å². The van der Waals surface area contributed by atoms with E-state index in [2.05, 4.69) is 20.6 Å². The van der Waals surface area contributed by atoms with Gasteiger partial charge in [-0.1, -0.05) is 6.07 Å². The highest BCUT2D eigenvalue weighted by atomic mass is 19.3. The first-order chi connectivity index (χ1) is 11.8. The van der Waals surface area contributed by atoms with Crippen LogP contribution < -0.4 is 10.6 Å². The van der Waals surface area contributed by atoms with Crippen LogP contribution in [0.5, 0.6) is 0 Å². The molecule has 3 N–H and O–H groups in total. The Bertz CT molecular complexity index is 795. The zero-order valence-corrected chi connectivity index (χ0v) is 13.9. The first-order valence-electron chi connectivity index (χ1n) is 8.17. The summed E-state index contributed by atoms with van der Waals surface area (Å²) in [5.41, 5.74) is 2.47. The molecular weight excluding hydrogens is 330 g/mol. The van der Waals surface area contributed by atoms with E-state index in [1.165, 1.54) is 6.92 Å². The molecule has 1 saturated carbocycles. The Morgan fingerprint density at radius 1 is 1.28 bits per heavy atom. The molecule has 1 aliphatic carbocycles. The number of fused-ring (bicyclic) bond motifs is 1. The van der Waals surface area contributed by atoms with Gasteiger partial charge in [0.15, 0.2) is 0 Å². The average molecular weight is 350 g/mol. The standard InChI is InChI=1S/C17H20F2N4O2/c1-10(24)20-9-15-22-13-3-2-11(4-14(13)23-15)8-21-16(25)5-12-6-17(18,19)7-12/h2-4,12H,5-9H2,1H3,(H,20,24)(H,21,25)(H,22,23). The molecular formula is C17H20F2N4O2. The minimum absolute atomic E-state index is 0.131. The maximum absolute atomic E-state index is 12.8. The number of aromatic nitrogens is 2. The number of hydrogen-bond donors (Lipinski definition) is 3. The number of alkyl halides is 2. The van der Waals surface area contributed by atoms with Crippen LogP contribution in [-0.2, 0) is 22.7 Å². The second-order valence-electron chi connectivity index (χ2n) is 6.56. The van der Waals surface area contributed by atoms with Gasteiger partial charge >= 0.3 is 0 Å². The summed E-state index contributed by atoms with van der Waals surface area (Å²) in [4.78, 5) is 30.3. The number of nitrogens with zero attached hydrogens (tertiary/aromatic N) is 1. The van der Waals surface area contributed by atoms with Gasteiger partial charge in [0.05, 0.1) is 17.6 Å². The van der Waals surface area contributed by atoms with Crippen LogP contribution in [0.1, 0.15) is 37.6 Å². The number of imidazole rings is 1. The summed E-state index contributed by atoms with van der Waals surface area (Å²) in [6.07, 6.45) is -0.252. The number of carbonyl (C=O) groups excluding carboxylic acids is 2. The van der Waals surface area contributed by atoms with Crippen molar-refractivity contribution in [2.45, 2.75) is 45.2 Å². The van der Waals surface area contributed by atoms with Crippen molar-refractivity contribution in [2.75, 3.05) is 0 Å². The molecule has 1 heterocycles. The summed E-state index contributed by atoms with van der Waals surface area (Å²) >= 11 is 0. The van der Waals surface area contributed by atoms with Crippen LogP contribution in [0.15, 0.2) is 18.2 Å². The summed E-state index contributed by atoms with van der Waals surface area (Å²) < 4.78 is 25.5. The van der Waals surface area contributed by atoms with Crippen molar-refractivity contribution in [1.82, 2.24) is 20.6 Å². The lowest BCUT2D eigenvalue weighted by Crippen LogP contribution is -2.38. The van der Waals surface area contributed by atoms with E-state index in [0.717, 1.165) is 16.6 Å². The summed E-state index contributed by atoms with van der Waals surface area (Å²) in [6.45, 7) is 2.09. The number of carbonyl (C=O) groups is 2. The third-order valence-corrected chi connectivity index (χ3v) is 4.24. The zero-order valence-electron chi connectivity index (χ0n) is 13.9. The van der Waals surface area contributed by atoms with Crippen molar-refractivity contribution < 1.29 is 18.4 Å². The maximum atomic E-state index is 12.8. The number of aromatic amines is 1. The molecule has 1 aromatic carbocycles. The lowest BCUT2D eigenvalue weighted by molar-refractivity contribution is -0.133. The third-order valence-electron chi connectivity index (χ3n) is 4.24. The van der Waals surface area contributed by atoms with Crippen molar-refractivity contribution in [1.29, 1.82) is 0 Å². The van der Waals surface area contributed by atoms with E-state index in [4.69, 9.17) is 0 Å². The van der Waals surface area contributed by atoms with Gasteiger partial charge in [0.25, 0.3) is 0 Å². The summed E-state index contributed by atoms with van der Waals surface area (Å²) in [5, 5.41) is 5.43. The van der Waals surface area contributed by atoms with Crippen LogP contribution in [0.4, 0.5) is 8.78 Å². The van der Waals surface area contributed by atoms with Gasteiger partial charge in [0, 0.05) is 32.7 Å². The van der Waals surface area contributed by atoms with Crippen LogP contribution in [0.25, 0.3) is 11.0 Å². The Balaban J connectivity index is 1.53. The number of halogens is 2. The van der Waals surface area contributed by atoms with E-state index in [1.54, 1.807) is 0 Å². The maximum Gasteiger partial charge on any atom is 0.248 e. The molecule has 0 aliphatic heterocycles. The molecule has 2 aromatic rings. The van der Waals surface area contributed by atoms with Crippen molar-refractivity contribution in [3.8, 4) is 0 Å². The van der Waals surface area contributed by atoms with Crippen LogP contribution >= 0.6 is 0 Å². The molecule has 0 saturated heterocycles. The minimum Gasteiger partial charge on any atom is -0.352 e. The molecule has 0 bridgehead atoms. The van der Waals surface area contributed by atoms with Gasteiger partial charge < -0.3 is 15.6 Å². The molecule has 1 aromatic heterocycles. The summed E-state index contributed by atoms with van der Waals surface area (Å²) in [5.74, 6) is -2.51. The molecule has 0 radical (unpaired) electrons. The van der Waals surface area contributed by atoms with Gasteiger partial charge in [0.2, 0.25) is 17.7 Å². The molecule has 2 amide bonds. The minimum atomic E-state index is -2.59. The van der Waals surface area contributed by atoms with Gasteiger partial charge in [-0.25, -0.2) is 13.8 Å². The molecule has 25 heavy (non-hydrogen) atoms. The van der Waals surface area contributed by atoms with E-state index < -0.39 is 5.92 Å².